The van der Waals surface area contributed by atoms with Crippen LogP contribution in [0.2, 0.25) is 0 Å². The summed E-state index contributed by atoms with van der Waals surface area (Å²) in [5, 5.41) is 8.13. The van der Waals surface area contributed by atoms with Crippen molar-refractivity contribution in [3.8, 4) is 12.0 Å². The molecule has 0 amide bonds. The predicted molar refractivity (Wildman–Crippen MR) is 39.8 cm³/mol. The highest BCUT2D eigenvalue weighted by Crippen LogP contribution is 2.05. The molecule has 0 bridgehead atoms. The first-order valence-corrected chi connectivity index (χ1v) is 3.20. The second-order valence-electron chi connectivity index (χ2n) is 2.06. The van der Waals surface area contributed by atoms with Gasteiger partial charge in [-0.2, -0.15) is 0 Å². The lowest BCUT2D eigenvalue weighted by Crippen LogP contribution is -1.86. The van der Waals surface area contributed by atoms with Gasteiger partial charge >= 0.3 is 0 Å². The number of halogens is 1. The SMILES string of the molecule is OC#CCc1ccccc1F. The third-order valence-corrected chi connectivity index (χ3v) is 1.32. The minimum atomic E-state index is -0.282. The molecule has 1 nitrogen and oxygen atoms in total. The van der Waals surface area contributed by atoms with Crippen LogP contribution in [0.5, 0.6) is 0 Å². The normalized spacial score (nSPS) is 8.45. The lowest BCUT2D eigenvalue weighted by molar-refractivity contribution is 0.516. The largest absolute Gasteiger partial charge is 0.462 e. The maximum absolute atomic E-state index is 12.8. The molecule has 1 N–H and O–H groups in total. The second kappa shape index (κ2) is 3.62. The number of aliphatic hydroxyl groups excluding tert-OH is 1. The van der Waals surface area contributed by atoms with E-state index in [1.165, 1.54) is 6.07 Å². The van der Waals surface area contributed by atoms with E-state index in [1.807, 2.05) is 0 Å². The van der Waals surface area contributed by atoms with Gasteiger partial charge in [0.2, 0.25) is 0 Å². The monoisotopic (exact) mass is 150 g/mol. The molecule has 1 rings (SSSR count). The van der Waals surface area contributed by atoms with Crippen LogP contribution in [-0.2, 0) is 6.42 Å². The van der Waals surface area contributed by atoms with Crippen LogP contribution in [-0.4, -0.2) is 5.11 Å². The zero-order valence-electron chi connectivity index (χ0n) is 5.84. The van der Waals surface area contributed by atoms with E-state index in [-0.39, 0.29) is 12.2 Å². The Kier molecular flexibility index (Phi) is 2.51. The van der Waals surface area contributed by atoms with Crippen molar-refractivity contribution in [3.63, 3.8) is 0 Å². The van der Waals surface area contributed by atoms with Crippen molar-refractivity contribution in [2.45, 2.75) is 6.42 Å². The second-order valence-corrected chi connectivity index (χ2v) is 2.06. The molecule has 0 radical (unpaired) electrons. The number of hydrogen-bond acceptors (Lipinski definition) is 1. The molecular formula is C9H7FO. The first-order chi connectivity index (χ1) is 5.34. The highest BCUT2D eigenvalue weighted by molar-refractivity contribution is 5.21. The number of hydrogen-bond donors (Lipinski definition) is 1. The summed E-state index contributed by atoms with van der Waals surface area (Å²) in [6.07, 6.45) is 1.98. The first-order valence-electron chi connectivity index (χ1n) is 3.20. The minimum absolute atomic E-state index is 0.253. The van der Waals surface area contributed by atoms with E-state index in [2.05, 4.69) is 5.92 Å². The fourth-order valence-electron chi connectivity index (χ4n) is 0.777. The maximum Gasteiger partial charge on any atom is 0.127 e. The highest BCUT2D eigenvalue weighted by atomic mass is 19.1. The Morgan fingerprint density at radius 3 is 2.73 bits per heavy atom. The lowest BCUT2D eigenvalue weighted by Gasteiger charge is -1.94. The zero-order chi connectivity index (χ0) is 8.10. The van der Waals surface area contributed by atoms with E-state index in [0.717, 1.165) is 0 Å². The molecule has 1 aromatic carbocycles. The molecule has 2 heteroatoms. The van der Waals surface area contributed by atoms with Crippen molar-refractivity contribution in [1.29, 1.82) is 0 Å². The van der Waals surface area contributed by atoms with Crippen molar-refractivity contribution in [2.75, 3.05) is 0 Å². The van der Waals surface area contributed by atoms with Gasteiger partial charge in [-0.25, -0.2) is 4.39 Å². The van der Waals surface area contributed by atoms with Gasteiger partial charge < -0.3 is 5.11 Å². The molecule has 0 spiro atoms. The van der Waals surface area contributed by atoms with Gasteiger partial charge in [0.15, 0.2) is 0 Å². The molecule has 11 heavy (non-hydrogen) atoms. The quantitative estimate of drug-likeness (QED) is 0.604. The van der Waals surface area contributed by atoms with E-state index in [1.54, 1.807) is 24.3 Å². The molecular weight excluding hydrogens is 143 g/mol. The third kappa shape index (κ3) is 1.98. The van der Waals surface area contributed by atoms with Crippen LogP contribution in [0.25, 0.3) is 0 Å². The van der Waals surface area contributed by atoms with Gasteiger partial charge in [-0.05, 0) is 11.6 Å². The summed E-state index contributed by atoms with van der Waals surface area (Å²) >= 11 is 0. The van der Waals surface area contributed by atoms with Crippen LogP contribution in [0.4, 0.5) is 4.39 Å². The van der Waals surface area contributed by atoms with Crippen LogP contribution in [0.15, 0.2) is 24.3 Å². The van der Waals surface area contributed by atoms with Crippen molar-refractivity contribution in [2.24, 2.45) is 0 Å². The van der Waals surface area contributed by atoms with Gasteiger partial charge in [-0.1, -0.05) is 24.1 Å². The average Bonchev–Trinajstić information content (AvgIpc) is 2.03. The Hall–Kier alpha value is -1.49. The van der Waals surface area contributed by atoms with Crippen LogP contribution < -0.4 is 0 Å². The number of aliphatic hydroxyl groups is 1. The molecule has 1 aromatic rings. The number of rotatable bonds is 1. The molecule has 0 unspecified atom stereocenters. The standard InChI is InChI=1S/C9H7FO/c10-9-6-2-1-4-8(9)5-3-7-11/h1-2,4,6,11H,5H2. The van der Waals surface area contributed by atoms with Crippen LogP contribution >= 0.6 is 0 Å². The van der Waals surface area contributed by atoms with E-state index >= 15 is 0 Å². The minimum Gasteiger partial charge on any atom is -0.462 e. The maximum atomic E-state index is 12.8. The average molecular weight is 150 g/mol. The molecule has 0 atom stereocenters. The van der Waals surface area contributed by atoms with Crippen LogP contribution in [0.3, 0.4) is 0 Å². The fraction of sp³-hybridized carbons (Fsp3) is 0.111. The van der Waals surface area contributed by atoms with Crippen molar-refractivity contribution >= 4 is 0 Å². The van der Waals surface area contributed by atoms with E-state index < -0.39 is 0 Å². The first kappa shape index (κ1) is 7.62. The summed E-state index contributed by atoms with van der Waals surface area (Å²) < 4.78 is 12.8. The van der Waals surface area contributed by atoms with Gasteiger partial charge in [0.1, 0.15) is 11.9 Å². The summed E-state index contributed by atoms with van der Waals surface area (Å²) in [7, 11) is 0. The Morgan fingerprint density at radius 2 is 2.09 bits per heavy atom. The Morgan fingerprint density at radius 1 is 1.36 bits per heavy atom. The molecule has 0 aliphatic heterocycles. The summed E-state index contributed by atoms with van der Waals surface area (Å²) in [5.74, 6) is 2.09. The van der Waals surface area contributed by atoms with Gasteiger partial charge in [0, 0.05) is 6.42 Å². The van der Waals surface area contributed by atoms with Gasteiger partial charge in [0.05, 0.1) is 0 Å². The van der Waals surface area contributed by atoms with E-state index in [9.17, 15) is 4.39 Å². The smallest absolute Gasteiger partial charge is 0.127 e. The lowest BCUT2D eigenvalue weighted by atomic mass is 10.1. The summed E-state index contributed by atoms with van der Waals surface area (Å²) in [4.78, 5) is 0. The fourth-order valence-corrected chi connectivity index (χ4v) is 0.777. The molecule has 0 saturated carbocycles. The van der Waals surface area contributed by atoms with Crippen LogP contribution in [0.1, 0.15) is 5.56 Å². The molecule has 0 saturated heterocycles. The number of benzene rings is 1. The highest BCUT2D eigenvalue weighted by Gasteiger charge is 1.96. The van der Waals surface area contributed by atoms with Crippen LogP contribution in [0, 0.1) is 17.8 Å². The molecule has 0 aromatic heterocycles. The Labute approximate surface area is 64.5 Å². The van der Waals surface area contributed by atoms with E-state index in [0.29, 0.717) is 5.56 Å². The summed E-state index contributed by atoms with van der Waals surface area (Å²) in [5.41, 5.74) is 0.508. The molecule has 0 heterocycles. The van der Waals surface area contributed by atoms with Crippen molar-refractivity contribution in [1.82, 2.24) is 0 Å². The van der Waals surface area contributed by atoms with Gasteiger partial charge in [-0.15, -0.1) is 0 Å². The summed E-state index contributed by atoms with van der Waals surface area (Å²) in [6, 6.07) is 6.36. The summed E-state index contributed by atoms with van der Waals surface area (Å²) in [6.45, 7) is 0. The zero-order valence-corrected chi connectivity index (χ0v) is 5.84. The van der Waals surface area contributed by atoms with Crippen molar-refractivity contribution < 1.29 is 9.50 Å². The Bertz CT molecular complexity index is 296. The van der Waals surface area contributed by atoms with Crippen molar-refractivity contribution in [3.05, 3.63) is 35.6 Å². The van der Waals surface area contributed by atoms with E-state index in [4.69, 9.17) is 5.11 Å². The third-order valence-electron chi connectivity index (χ3n) is 1.32. The van der Waals surface area contributed by atoms with Gasteiger partial charge in [0.25, 0.3) is 0 Å². The molecule has 0 fully saturated rings. The molecule has 0 aliphatic carbocycles. The molecule has 56 valence electrons. The Balaban J connectivity index is 2.83. The topological polar surface area (TPSA) is 20.2 Å². The molecule has 0 aliphatic rings. The predicted octanol–water partition coefficient (Wildman–Crippen LogP) is 1.70. The van der Waals surface area contributed by atoms with Gasteiger partial charge in [-0.3, -0.25) is 0 Å².